The lowest BCUT2D eigenvalue weighted by molar-refractivity contribution is 0.0747. The Hall–Kier alpha value is -2.29. The number of hydrogen-bond donors (Lipinski definition) is 0. The Morgan fingerprint density at radius 2 is 1.62 bits per heavy atom. The largest absolute Gasteiger partial charge is 0.368 e. The van der Waals surface area contributed by atoms with E-state index >= 15 is 0 Å². The second-order valence-corrected chi connectivity index (χ2v) is 5.48. The third kappa shape index (κ3) is 3.07. The Bertz CT molecular complexity index is 616. The highest BCUT2D eigenvalue weighted by atomic mass is 16.2. The van der Waals surface area contributed by atoms with Crippen molar-refractivity contribution in [1.29, 1.82) is 0 Å². The van der Waals surface area contributed by atoms with E-state index in [1.54, 1.807) is 0 Å². The predicted octanol–water partition coefficient (Wildman–Crippen LogP) is 2.96. The van der Waals surface area contributed by atoms with Gasteiger partial charge in [-0.1, -0.05) is 30.3 Å². The van der Waals surface area contributed by atoms with Gasteiger partial charge in [-0.05, 0) is 36.8 Å². The number of benzene rings is 2. The van der Waals surface area contributed by atoms with Crippen LogP contribution in [0.2, 0.25) is 0 Å². The smallest absolute Gasteiger partial charge is 0.253 e. The van der Waals surface area contributed by atoms with Gasteiger partial charge in [-0.15, -0.1) is 0 Å². The van der Waals surface area contributed by atoms with Gasteiger partial charge in [0, 0.05) is 37.4 Å². The van der Waals surface area contributed by atoms with E-state index in [0.717, 1.165) is 31.7 Å². The van der Waals surface area contributed by atoms with Crippen molar-refractivity contribution in [2.45, 2.75) is 6.92 Å². The molecule has 0 aliphatic carbocycles. The van der Waals surface area contributed by atoms with Crippen LogP contribution in [-0.2, 0) is 0 Å². The van der Waals surface area contributed by atoms with Crippen molar-refractivity contribution in [1.82, 2.24) is 4.90 Å². The number of nitrogens with zero attached hydrogens (tertiary/aromatic N) is 2. The Kier molecular flexibility index (Phi) is 3.91. The molecule has 1 aliphatic heterocycles. The summed E-state index contributed by atoms with van der Waals surface area (Å²) in [6.45, 7) is 5.45. The quantitative estimate of drug-likeness (QED) is 0.844. The molecule has 0 saturated carbocycles. The molecule has 1 saturated heterocycles. The van der Waals surface area contributed by atoms with Gasteiger partial charge in [-0.2, -0.15) is 0 Å². The standard InChI is InChI=1S/C18H20N2O/c1-15-6-5-9-17(14-15)19-10-12-20(13-11-19)18(21)16-7-3-2-4-8-16/h2-9,14H,10-13H2,1H3. The molecular formula is C18H20N2O. The highest BCUT2D eigenvalue weighted by Crippen LogP contribution is 2.18. The SMILES string of the molecule is Cc1cccc(N2CCN(C(=O)c3ccccc3)CC2)c1. The molecule has 0 atom stereocenters. The minimum atomic E-state index is 0.138. The first-order chi connectivity index (χ1) is 10.2. The second-order valence-electron chi connectivity index (χ2n) is 5.48. The average Bonchev–Trinajstić information content (AvgIpc) is 2.55. The molecule has 1 heterocycles. The Balaban J connectivity index is 1.64. The molecule has 3 rings (SSSR count). The zero-order valence-corrected chi connectivity index (χ0v) is 12.3. The zero-order valence-electron chi connectivity index (χ0n) is 12.3. The van der Waals surface area contributed by atoms with Gasteiger partial charge in [0.15, 0.2) is 0 Å². The molecule has 0 unspecified atom stereocenters. The minimum Gasteiger partial charge on any atom is -0.368 e. The van der Waals surface area contributed by atoms with Gasteiger partial charge in [-0.3, -0.25) is 4.79 Å². The average molecular weight is 280 g/mol. The maximum Gasteiger partial charge on any atom is 0.253 e. The van der Waals surface area contributed by atoms with Crippen LogP contribution in [0.15, 0.2) is 54.6 Å². The number of hydrogen-bond acceptors (Lipinski definition) is 2. The highest BCUT2D eigenvalue weighted by molar-refractivity contribution is 5.94. The summed E-state index contributed by atoms with van der Waals surface area (Å²) in [5, 5.41) is 0. The van der Waals surface area contributed by atoms with Gasteiger partial charge >= 0.3 is 0 Å². The first-order valence-electron chi connectivity index (χ1n) is 7.40. The van der Waals surface area contributed by atoms with Crippen LogP contribution in [0.25, 0.3) is 0 Å². The highest BCUT2D eigenvalue weighted by Gasteiger charge is 2.22. The van der Waals surface area contributed by atoms with Crippen molar-refractivity contribution in [3.8, 4) is 0 Å². The van der Waals surface area contributed by atoms with Gasteiger partial charge in [-0.25, -0.2) is 0 Å². The number of aryl methyl sites for hydroxylation is 1. The summed E-state index contributed by atoms with van der Waals surface area (Å²) in [4.78, 5) is 16.7. The molecule has 3 heteroatoms. The Morgan fingerprint density at radius 1 is 0.905 bits per heavy atom. The van der Waals surface area contributed by atoms with Gasteiger partial charge in [0.05, 0.1) is 0 Å². The number of amides is 1. The third-order valence-electron chi connectivity index (χ3n) is 3.95. The Morgan fingerprint density at radius 3 is 2.29 bits per heavy atom. The van der Waals surface area contributed by atoms with Gasteiger partial charge in [0.25, 0.3) is 5.91 Å². The molecule has 1 fully saturated rings. The van der Waals surface area contributed by atoms with E-state index in [4.69, 9.17) is 0 Å². The van der Waals surface area contributed by atoms with E-state index in [0.29, 0.717) is 0 Å². The van der Waals surface area contributed by atoms with Gasteiger partial charge in [0.1, 0.15) is 0 Å². The molecule has 0 aromatic heterocycles. The van der Waals surface area contributed by atoms with Crippen LogP contribution < -0.4 is 4.90 Å². The van der Waals surface area contributed by atoms with E-state index < -0.39 is 0 Å². The number of rotatable bonds is 2. The van der Waals surface area contributed by atoms with Crippen LogP contribution >= 0.6 is 0 Å². The van der Waals surface area contributed by atoms with Crippen LogP contribution in [0.3, 0.4) is 0 Å². The molecule has 1 amide bonds. The molecule has 2 aromatic rings. The van der Waals surface area contributed by atoms with E-state index in [-0.39, 0.29) is 5.91 Å². The van der Waals surface area contributed by atoms with E-state index in [1.807, 2.05) is 35.2 Å². The van der Waals surface area contributed by atoms with Crippen LogP contribution in [0.5, 0.6) is 0 Å². The number of piperazine rings is 1. The molecule has 0 radical (unpaired) electrons. The fourth-order valence-corrected chi connectivity index (χ4v) is 2.76. The first kappa shape index (κ1) is 13.7. The summed E-state index contributed by atoms with van der Waals surface area (Å²) >= 11 is 0. The molecule has 3 nitrogen and oxygen atoms in total. The topological polar surface area (TPSA) is 23.6 Å². The van der Waals surface area contributed by atoms with E-state index in [9.17, 15) is 4.79 Å². The summed E-state index contributed by atoms with van der Waals surface area (Å²) in [6.07, 6.45) is 0. The number of carbonyl (C=O) groups excluding carboxylic acids is 1. The van der Waals surface area contributed by atoms with Crippen molar-refractivity contribution >= 4 is 11.6 Å². The van der Waals surface area contributed by atoms with Crippen LogP contribution in [0.1, 0.15) is 15.9 Å². The van der Waals surface area contributed by atoms with Gasteiger partial charge in [0.2, 0.25) is 0 Å². The fourth-order valence-electron chi connectivity index (χ4n) is 2.76. The summed E-state index contributed by atoms with van der Waals surface area (Å²) in [7, 11) is 0. The lowest BCUT2D eigenvalue weighted by Gasteiger charge is -2.36. The summed E-state index contributed by atoms with van der Waals surface area (Å²) < 4.78 is 0. The predicted molar refractivity (Wildman–Crippen MR) is 85.7 cm³/mol. The molecule has 1 aliphatic rings. The maximum atomic E-state index is 12.4. The second kappa shape index (κ2) is 6.00. The van der Waals surface area contributed by atoms with Crippen LogP contribution in [0.4, 0.5) is 5.69 Å². The number of anilines is 1. The van der Waals surface area contributed by atoms with Crippen LogP contribution in [0, 0.1) is 6.92 Å². The van der Waals surface area contributed by atoms with Crippen molar-refractivity contribution in [2.75, 3.05) is 31.1 Å². The van der Waals surface area contributed by atoms with E-state index in [1.165, 1.54) is 11.3 Å². The number of carbonyl (C=O) groups is 1. The Labute approximate surface area is 125 Å². The molecule has 0 N–H and O–H groups in total. The van der Waals surface area contributed by atoms with Gasteiger partial charge < -0.3 is 9.80 Å². The molecule has 0 bridgehead atoms. The molecular weight excluding hydrogens is 260 g/mol. The lowest BCUT2D eigenvalue weighted by atomic mass is 10.1. The minimum absolute atomic E-state index is 0.138. The molecule has 0 spiro atoms. The first-order valence-corrected chi connectivity index (χ1v) is 7.40. The van der Waals surface area contributed by atoms with Crippen LogP contribution in [-0.4, -0.2) is 37.0 Å². The monoisotopic (exact) mass is 280 g/mol. The van der Waals surface area contributed by atoms with Crippen molar-refractivity contribution in [2.24, 2.45) is 0 Å². The molecule has 21 heavy (non-hydrogen) atoms. The molecule has 108 valence electrons. The van der Waals surface area contributed by atoms with Crippen molar-refractivity contribution < 1.29 is 4.79 Å². The maximum absolute atomic E-state index is 12.4. The summed E-state index contributed by atoms with van der Waals surface area (Å²) in [6, 6.07) is 18.1. The lowest BCUT2D eigenvalue weighted by Crippen LogP contribution is -2.48. The molecule has 2 aromatic carbocycles. The van der Waals surface area contributed by atoms with E-state index in [2.05, 4.69) is 36.1 Å². The fraction of sp³-hybridized carbons (Fsp3) is 0.278. The summed E-state index contributed by atoms with van der Waals surface area (Å²) in [5.74, 6) is 0.138. The zero-order chi connectivity index (χ0) is 14.7. The third-order valence-corrected chi connectivity index (χ3v) is 3.95. The van der Waals surface area contributed by atoms with Crippen molar-refractivity contribution in [3.63, 3.8) is 0 Å². The summed E-state index contributed by atoms with van der Waals surface area (Å²) in [5.41, 5.74) is 3.30. The van der Waals surface area contributed by atoms with Crippen molar-refractivity contribution in [3.05, 3.63) is 65.7 Å². The normalized spacial score (nSPS) is 15.1.